The summed E-state index contributed by atoms with van der Waals surface area (Å²) in [5.41, 5.74) is -1.29. The molecule has 18 heteroatoms. The summed E-state index contributed by atoms with van der Waals surface area (Å²) in [5.74, 6) is 0. The molecule has 1 aliphatic heterocycles. The van der Waals surface area contributed by atoms with Crippen LogP contribution in [-0.4, -0.2) is 89.5 Å². The van der Waals surface area contributed by atoms with Crippen LogP contribution >= 0.6 is 46.4 Å². The van der Waals surface area contributed by atoms with Crippen molar-refractivity contribution >= 4 is 81.6 Å². The molecule has 0 aromatic heterocycles. The lowest BCUT2D eigenvalue weighted by atomic mass is 9.78. The number of rotatable bonds is 12. The van der Waals surface area contributed by atoms with E-state index in [0.29, 0.717) is 12.0 Å². The summed E-state index contributed by atoms with van der Waals surface area (Å²) in [6.07, 6.45) is -5.57. The van der Waals surface area contributed by atoms with E-state index in [1.165, 1.54) is 42.3 Å². The van der Waals surface area contributed by atoms with Crippen molar-refractivity contribution in [1.82, 2.24) is 9.80 Å². The van der Waals surface area contributed by atoms with Crippen LogP contribution in [-0.2, 0) is 44.8 Å². The molecule has 330 valence electrons. The van der Waals surface area contributed by atoms with Crippen molar-refractivity contribution in [3.05, 3.63) is 145 Å². The van der Waals surface area contributed by atoms with Gasteiger partial charge in [0.05, 0.1) is 25.6 Å². The largest absolute Gasteiger partial charge is 0.417 e. The highest BCUT2D eigenvalue weighted by atomic mass is 35.5. The zero-order chi connectivity index (χ0) is 45.1. The average Bonchev–Trinajstić information content (AvgIpc) is 3.51. The number of hydrogen-bond donors (Lipinski definition) is 0. The molecule has 5 nitrogen and oxygen atoms in total. The number of likely N-dealkylation sites (tertiary alicyclic amines) is 1. The van der Waals surface area contributed by atoms with E-state index in [4.69, 9.17) is 51.1 Å². The van der Waals surface area contributed by atoms with Crippen molar-refractivity contribution in [3.8, 4) is 0 Å². The van der Waals surface area contributed by atoms with Gasteiger partial charge < -0.3 is 4.74 Å². The number of nitrogens with zero attached hydrogens (tertiary/aromatic N) is 2. The molecule has 4 aromatic carbocycles. The molecule has 4 aromatic rings. The van der Waals surface area contributed by atoms with Crippen molar-refractivity contribution in [2.45, 2.75) is 55.7 Å². The van der Waals surface area contributed by atoms with Crippen LogP contribution < -0.4 is 0 Å². The highest BCUT2D eigenvalue weighted by molar-refractivity contribution is 7.87. The lowest BCUT2D eigenvalue weighted by Crippen LogP contribution is -2.53. The first-order valence-electron chi connectivity index (χ1n) is 18.3. The molecule has 4 unspecified atom stereocenters. The monoisotopic (exact) mass is 974 g/mol. The van der Waals surface area contributed by atoms with Gasteiger partial charge in [-0.05, 0) is 64.8 Å². The number of hydrogen-bond acceptors (Lipinski definition) is 5. The molecule has 1 aliphatic rings. The first kappa shape index (κ1) is 52.1. The Hall–Kier alpha value is -2.24. The zero-order valence-electron chi connectivity index (χ0n) is 33.9. The Morgan fingerprint density at radius 2 is 1.30 bits per heavy atom. The van der Waals surface area contributed by atoms with Crippen LogP contribution in [0.2, 0.25) is 39.7 Å². The predicted octanol–water partition coefficient (Wildman–Crippen LogP) is 12.3. The average molecular weight is 977 g/mol. The second-order valence-corrected chi connectivity index (χ2v) is 25.4. The van der Waals surface area contributed by atoms with E-state index in [1.54, 1.807) is 12.0 Å². The van der Waals surface area contributed by atoms with Gasteiger partial charge in [-0.2, -0.15) is 26.3 Å². The maximum Gasteiger partial charge on any atom is 0.417 e. The number of halogens is 10. The van der Waals surface area contributed by atoms with Gasteiger partial charge in [0.2, 0.25) is 0 Å². The van der Waals surface area contributed by atoms with Crippen molar-refractivity contribution in [3.63, 3.8) is 0 Å². The number of methoxy groups -OCH3 is 1. The molecule has 1 heterocycles. The van der Waals surface area contributed by atoms with E-state index in [9.17, 15) is 34.8 Å². The van der Waals surface area contributed by atoms with E-state index in [2.05, 4.69) is 54.9 Å². The minimum atomic E-state index is -4.61. The maximum atomic E-state index is 14.4. The molecular weight excluding hydrogens is 928 g/mol. The molecule has 0 N–H and O–H groups in total. The van der Waals surface area contributed by atoms with Gasteiger partial charge in [0.1, 0.15) is 5.41 Å². The van der Waals surface area contributed by atoms with E-state index < -0.39 is 58.3 Å². The van der Waals surface area contributed by atoms with Gasteiger partial charge in [-0.1, -0.05) is 127 Å². The SMILES string of the molecule is COCN(Cc1ccccc1)C[Si](C)(C)C.CS(=O)C1CN(Cc2ccccc2)CC1(c1cc(Cl)cc(Cl)c1)C(F)(F)F.CS(=O)C=C(c1cc(Cl)cc(Cl)c1)C(F)(F)F. The molecule has 0 bridgehead atoms. The van der Waals surface area contributed by atoms with Crippen LogP contribution in [0.3, 0.4) is 0 Å². The number of allylic oxidation sites excluding steroid dienone is 1. The summed E-state index contributed by atoms with van der Waals surface area (Å²) in [5, 5.41) is -0.0570. The van der Waals surface area contributed by atoms with Gasteiger partial charge in [-0.25, -0.2) is 0 Å². The van der Waals surface area contributed by atoms with Gasteiger partial charge in [-0.15, -0.1) is 0 Å². The van der Waals surface area contributed by atoms with Crippen molar-refractivity contribution in [2.75, 3.05) is 45.6 Å². The first-order valence-corrected chi connectivity index (χ1v) is 26.8. The second-order valence-electron chi connectivity index (χ2n) is 15.4. The van der Waals surface area contributed by atoms with E-state index in [1.807, 2.05) is 30.3 Å². The summed E-state index contributed by atoms with van der Waals surface area (Å²) in [4.78, 5) is 4.09. The summed E-state index contributed by atoms with van der Waals surface area (Å²) >= 11 is 23.2. The Kier molecular flexibility index (Phi) is 19.9. The van der Waals surface area contributed by atoms with Crippen LogP contribution in [0.15, 0.2) is 102 Å². The van der Waals surface area contributed by atoms with Crippen LogP contribution in [0, 0.1) is 0 Å². The summed E-state index contributed by atoms with van der Waals surface area (Å²) in [6, 6.07) is 27.4. The first-order chi connectivity index (χ1) is 27.8. The van der Waals surface area contributed by atoms with Crippen molar-refractivity contribution < 1.29 is 39.5 Å². The Bertz CT molecular complexity index is 2040. The molecule has 0 radical (unpaired) electrons. The molecule has 1 fully saturated rings. The van der Waals surface area contributed by atoms with Crippen molar-refractivity contribution in [2.24, 2.45) is 0 Å². The fourth-order valence-corrected chi connectivity index (χ4v) is 11.3. The van der Waals surface area contributed by atoms with Crippen LogP contribution in [0.1, 0.15) is 22.3 Å². The number of benzene rings is 4. The third kappa shape index (κ3) is 16.1. The fourth-order valence-electron chi connectivity index (χ4n) is 6.80. The Labute approximate surface area is 374 Å². The highest BCUT2D eigenvalue weighted by Gasteiger charge is 2.65. The predicted molar refractivity (Wildman–Crippen MR) is 240 cm³/mol. The van der Waals surface area contributed by atoms with Gasteiger partial charge in [0, 0.05) is 92.9 Å². The topological polar surface area (TPSA) is 49.9 Å². The molecular formula is C42H48Cl4F6N2O3S2Si. The third-order valence-electron chi connectivity index (χ3n) is 9.00. The van der Waals surface area contributed by atoms with E-state index in [-0.39, 0.29) is 44.3 Å². The summed E-state index contributed by atoms with van der Waals surface area (Å²) in [7, 11) is -2.72. The second kappa shape index (κ2) is 22.9. The van der Waals surface area contributed by atoms with Crippen LogP contribution in [0.4, 0.5) is 26.3 Å². The smallest absolute Gasteiger partial charge is 0.369 e. The molecule has 4 atom stereocenters. The lowest BCUT2D eigenvalue weighted by molar-refractivity contribution is -0.185. The van der Waals surface area contributed by atoms with Crippen LogP contribution in [0.5, 0.6) is 0 Å². The maximum absolute atomic E-state index is 14.4. The van der Waals surface area contributed by atoms with Gasteiger partial charge in [0.25, 0.3) is 0 Å². The van der Waals surface area contributed by atoms with E-state index >= 15 is 0 Å². The Morgan fingerprint density at radius 1 is 0.817 bits per heavy atom. The molecule has 0 amide bonds. The van der Waals surface area contributed by atoms with E-state index in [0.717, 1.165) is 37.2 Å². The summed E-state index contributed by atoms with van der Waals surface area (Å²) < 4.78 is 110. The molecule has 5 rings (SSSR count). The van der Waals surface area contributed by atoms with Crippen molar-refractivity contribution in [1.29, 1.82) is 0 Å². The van der Waals surface area contributed by atoms with Gasteiger partial charge in [-0.3, -0.25) is 18.2 Å². The summed E-state index contributed by atoms with van der Waals surface area (Å²) in [6.45, 7) is 8.99. The minimum Gasteiger partial charge on any atom is -0.369 e. The number of alkyl halides is 6. The lowest BCUT2D eigenvalue weighted by Gasteiger charge is -2.36. The molecule has 0 aliphatic carbocycles. The standard InChI is InChI=1S/C19H18Cl2F3NOS.C13H23NOSi.C10H7Cl2F3OS/c1-27(26)17-11-25(10-13-5-3-2-4-6-13)12-18(17,19(22,23)24)14-7-15(20)9-16(21)8-14;1-15-11-14(12-16(2,3)4)10-13-8-6-5-7-9-13;1-17(16)5-9(10(13,14)15)6-2-7(11)4-8(12)3-6/h2-9,17H,10-12H2,1H3;5-9H,10-12H2,1-4H3;2-5H,1H3. The molecule has 0 spiro atoms. The normalized spacial score (nSPS) is 18.6. The number of ether oxygens (including phenoxy) is 1. The Morgan fingerprint density at radius 3 is 1.72 bits per heavy atom. The minimum absolute atomic E-state index is 0.0386. The molecule has 1 saturated heterocycles. The fraction of sp³-hybridized carbons (Fsp3) is 0.381. The highest BCUT2D eigenvalue weighted by Crippen LogP contribution is 2.50. The van der Waals surface area contributed by atoms with Gasteiger partial charge >= 0.3 is 12.4 Å². The zero-order valence-corrected chi connectivity index (χ0v) is 39.5. The molecule has 60 heavy (non-hydrogen) atoms. The Balaban J connectivity index is 0.000000254. The third-order valence-corrected chi connectivity index (χ3v) is 13.2. The molecule has 0 saturated carbocycles. The quantitative estimate of drug-likeness (QED) is 0.0804. The van der Waals surface area contributed by atoms with Gasteiger partial charge in [0.15, 0.2) is 0 Å². The van der Waals surface area contributed by atoms with Crippen LogP contribution in [0.25, 0.3) is 5.57 Å².